The topological polar surface area (TPSA) is 17.1 Å². The highest BCUT2D eigenvalue weighted by Crippen LogP contribution is 2.30. The molecule has 0 N–H and O–H groups in total. The van der Waals surface area contributed by atoms with Crippen LogP contribution in [0.5, 0.6) is 0 Å². The molecule has 1 atom stereocenters. The van der Waals surface area contributed by atoms with Crippen molar-refractivity contribution in [3.63, 3.8) is 0 Å². The van der Waals surface area contributed by atoms with E-state index in [1.165, 1.54) is 5.56 Å². The van der Waals surface area contributed by atoms with Crippen molar-refractivity contribution in [2.24, 2.45) is 5.92 Å². The maximum atomic E-state index is 12.2. The van der Waals surface area contributed by atoms with Crippen LogP contribution in [-0.2, 0) is 0 Å². The molecule has 0 aromatic carbocycles. The Morgan fingerprint density at radius 1 is 1.50 bits per heavy atom. The van der Waals surface area contributed by atoms with E-state index in [2.05, 4.69) is 29.8 Å². The highest BCUT2D eigenvalue weighted by atomic mass is 79.9. The van der Waals surface area contributed by atoms with Gasteiger partial charge >= 0.3 is 0 Å². The second-order valence-corrected chi connectivity index (χ2v) is 6.55. The molecule has 0 aliphatic heterocycles. The van der Waals surface area contributed by atoms with E-state index in [4.69, 9.17) is 0 Å². The van der Waals surface area contributed by atoms with Gasteiger partial charge in [-0.25, -0.2) is 0 Å². The Bertz CT molecular complexity index is 337. The van der Waals surface area contributed by atoms with Crippen LogP contribution in [0.4, 0.5) is 0 Å². The van der Waals surface area contributed by atoms with Gasteiger partial charge in [-0.05, 0) is 47.3 Å². The van der Waals surface area contributed by atoms with Gasteiger partial charge in [-0.2, -0.15) is 0 Å². The zero-order valence-corrected chi connectivity index (χ0v) is 12.6. The Morgan fingerprint density at radius 2 is 2.19 bits per heavy atom. The second-order valence-electron chi connectivity index (χ2n) is 4.18. The third-order valence-corrected chi connectivity index (χ3v) is 5.02. The number of aryl methyl sites for hydroxylation is 1. The first-order valence-electron chi connectivity index (χ1n) is 5.90. The van der Waals surface area contributed by atoms with Gasteiger partial charge in [0.2, 0.25) is 0 Å². The van der Waals surface area contributed by atoms with E-state index in [9.17, 15) is 4.79 Å². The largest absolute Gasteiger partial charge is 0.293 e. The SMILES string of the molecule is CCCCC(CC)C(=O)c1cc(C)c(Br)s1. The highest BCUT2D eigenvalue weighted by molar-refractivity contribution is 9.11. The number of halogens is 1. The first-order valence-corrected chi connectivity index (χ1v) is 7.51. The first-order chi connectivity index (χ1) is 7.60. The van der Waals surface area contributed by atoms with E-state index in [-0.39, 0.29) is 5.92 Å². The van der Waals surface area contributed by atoms with Crippen LogP contribution in [0.15, 0.2) is 9.85 Å². The van der Waals surface area contributed by atoms with Crippen LogP contribution in [0.25, 0.3) is 0 Å². The zero-order chi connectivity index (χ0) is 12.1. The van der Waals surface area contributed by atoms with Crippen molar-refractivity contribution in [3.8, 4) is 0 Å². The summed E-state index contributed by atoms with van der Waals surface area (Å²) in [6.07, 6.45) is 4.29. The molecule has 3 heteroatoms. The van der Waals surface area contributed by atoms with Gasteiger partial charge in [0.15, 0.2) is 5.78 Å². The number of carbonyl (C=O) groups is 1. The average molecular weight is 303 g/mol. The maximum Gasteiger partial charge on any atom is 0.175 e. The van der Waals surface area contributed by atoms with Crippen molar-refractivity contribution in [2.75, 3.05) is 0 Å². The minimum atomic E-state index is 0.213. The lowest BCUT2D eigenvalue weighted by atomic mass is 9.94. The van der Waals surface area contributed by atoms with E-state index in [0.717, 1.165) is 34.3 Å². The van der Waals surface area contributed by atoms with Crippen molar-refractivity contribution in [3.05, 3.63) is 20.3 Å². The monoisotopic (exact) mass is 302 g/mol. The number of Topliss-reactive ketones (excluding diaryl/α,β-unsaturated/α-hetero) is 1. The molecule has 16 heavy (non-hydrogen) atoms. The van der Waals surface area contributed by atoms with Crippen molar-refractivity contribution in [2.45, 2.75) is 46.5 Å². The van der Waals surface area contributed by atoms with E-state index in [1.807, 2.05) is 13.0 Å². The summed E-state index contributed by atoms with van der Waals surface area (Å²) in [7, 11) is 0. The van der Waals surface area contributed by atoms with Gasteiger partial charge in [-0.1, -0.05) is 26.7 Å². The van der Waals surface area contributed by atoms with Crippen LogP contribution in [0.2, 0.25) is 0 Å². The van der Waals surface area contributed by atoms with Crippen LogP contribution >= 0.6 is 27.3 Å². The summed E-state index contributed by atoms with van der Waals surface area (Å²) in [5.74, 6) is 0.541. The molecule has 0 saturated carbocycles. The van der Waals surface area contributed by atoms with E-state index < -0.39 is 0 Å². The quantitative estimate of drug-likeness (QED) is 0.659. The molecule has 0 amide bonds. The van der Waals surface area contributed by atoms with Crippen molar-refractivity contribution in [1.82, 2.24) is 0 Å². The lowest BCUT2D eigenvalue weighted by molar-refractivity contribution is 0.0912. The van der Waals surface area contributed by atoms with Crippen molar-refractivity contribution in [1.29, 1.82) is 0 Å². The number of hydrogen-bond acceptors (Lipinski definition) is 2. The highest BCUT2D eigenvalue weighted by Gasteiger charge is 2.20. The van der Waals surface area contributed by atoms with Gasteiger partial charge in [-0.15, -0.1) is 11.3 Å². The van der Waals surface area contributed by atoms with Gasteiger partial charge in [0.05, 0.1) is 8.66 Å². The Morgan fingerprint density at radius 3 is 2.62 bits per heavy atom. The van der Waals surface area contributed by atoms with Gasteiger partial charge in [0.1, 0.15) is 0 Å². The summed E-state index contributed by atoms with van der Waals surface area (Å²) in [6, 6.07) is 2.01. The van der Waals surface area contributed by atoms with Gasteiger partial charge in [0.25, 0.3) is 0 Å². The summed E-state index contributed by atoms with van der Waals surface area (Å²) >= 11 is 5.04. The van der Waals surface area contributed by atoms with Crippen LogP contribution in [0.3, 0.4) is 0 Å². The summed E-state index contributed by atoms with van der Waals surface area (Å²) < 4.78 is 1.08. The van der Waals surface area contributed by atoms with Crippen molar-refractivity contribution >= 4 is 33.0 Å². The maximum absolute atomic E-state index is 12.2. The van der Waals surface area contributed by atoms with Crippen LogP contribution in [-0.4, -0.2) is 5.78 Å². The third-order valence-electron chi connectivity index (χ3n) is 2.87. The molecule has 0 aliphatic rings. The fourth-order valence-corrected chi connectivity index (χ4v) is 3.31. The minimum absolute atomic E-state index is 0.213. The average Bonchev–Trinajstić information content (AvgIpc) is 2.60. The second kappa shape index (κ2) is 6.55. The van der Waals surface area contributed by atoms with Gasteiger partial charge in [-0.3, -0.25) is 4.79 Å². The van der Waals surface area contributed by atoms with E-state index in [0.29, 0.717) is 5.78 Å². The molecular weight excluding hydrogens is 284 g/mol. The number of thiophene rings is 1. The fraction of sp³-hybridized carbons (Fsp3) is 0.615. The fourth-order valence-electron chi connectivity index (χ4n) is 1.75. The van der Waals surface area contributed by atoms with Crippen LogP contribution in [0, 0.1) is 12.8 Å². The van der Waals surface area contributed by atoms with Crippen LogP contribution < -0.4 is 0 Å². The molecule has 1 aromatic heterocycles. The number of hydrogen-bond donors (Lipinski definition) is 0. The Balaban J connectivity index is 2.74. The molecule has 0 aliphatic carbocycles. The molecule has 1 rings (SSSR count). The number of ketones is 1. The number of rotatable bonds is 6. The van der Waals surface area contributed by atoms with Gasteiger partial charge < -0.3 is 0 Å². The number of unbranched alkanes of at least 4 members (excludes halogenated alkanes) is 1. The first kappa shape index (κ1) is 13.9. The van der Waals surface area contributed by atoms with Crippen LogP contribution in [0.1, 0.15) is 54.8 Å². The Hall–Kier alpha value is -0.150. The molecule has 0 bridgehead atoms. The third kappa shape index (κ3) is 3.42. The molecule has 1 aromatic rings. The molecule has 1 unspecified atom stereocenters. The minimum Gasteiger partial charge on any atom is -0.293 e. The molecular formula is C13H19BrOS. The molecule has 1 heterocycles. The smallest absolute Gasteiger partial charge is 0.175 e. The summed E-state index contributed by atoms with van der Waals surface area (Å²) in [5, 5.41) is 0. The lowest BCUT2D eigenvalue weighted by Crippen LogP contribution is -2.12. The summed E-state index contributed by atoms with van der Waals surface area (Å²) in [6.45, 7) is 6.31. The molecule has 0 fully saturated rings. The zero-order valence-electron chi connectivity index (χ0n) is 10.2. The Kier molecular flexibility index (Phi) is 5.70. The predicted octanol–water partition coefficient (Wildman–Crippen LogP) is 5.22. The molecule has 0 radical (unpaired) electrons. The lowest BCUT2D eigenvalue weighted by Gasteiger charge is -2.11. The van der Waals surface area contributed by atoms with Gasteiger partial charge in [0, 0.05) is 5.92 Å². The molecule has 0 saturated heterocycles. The molecule has 90 valence electrons. The van der Waals surface area contributed by atoms with E-state index in [1.54, 1.807) is 11.3 Å². The summed E-state index contributed by atoms with van der Waals surface area (Å²) in [5.41, 5.74) is 1.17. The predicted molar refractivity (Wildman–Crippen MR) is 74.4 cm³/mol. The van der Waals surface area contributed by atoms with E-state index >= 15 is 0 Å². The number of carbonyl (C=O) groups excluding carboxylic acids is 1. The summed E-state index contributed by atoms with van der Waals surface area (Å²) in [4.78, 5) is 13.1. The molecule has 0 spiro atoms. The standard InChI is InChI=1S/C13H19BrOS/c1-4-6-7-10(5-2)12(15)11-8-9(3)13(14)16-11/h8,10H,4-7H2,1-3H3. The Labute approximate surface area is 110 Å². The molecule has 1 nitrogen and oxygen atoms in total. The normalized spacial score (nSPS) is 12.8. The van der Waals surface area contributed by atoms with Crippen molar-refractivity contribution < 1.29 is 4.79 Å².